The molecule has 138 valence electrons. The summed E-state index contributed by atoms with van der Waals surface area (Å²) in [6.45, 7) is 3.50. The lowest BCUT2D eigenvalue weighted by atomic mass is 10.0. The average Bonchev–Trinajstić information content (AvgIpc) is 3.07. The van der Waals surface area contributed by atoms with Gasteiger partial charge in [-0.05, 0) is 25.7 Å². The summed E-state index contributed by atoms with van der Waals surface area (Å²) < 4.78 is 44.9. The van der Waals surface area contributed by atoms with Gasteiger partial charge in [0.25, 0.3) is 0 Å². The minimum absolute atomic E-state index is 0.00381. The van der Waals surface area contributed by atoms with Gasteiger partial charge >= 0.3 is 6.03 Å². The Morgan fingerprint density at radius 2 is 1.84 bits per heavy atom. The molecule has 1 unspecified atom stereocenters. The molecule has 0 bridgehead atoms. The number of rotatable bonds is 4. The van der Waals surface area contributed by atoms with E-state index in [1.807, 2.05) is 0 Å². The Morgan fingerprint density at radius 3 is 2.44 bits per heavy atom. The summed E-state index contributed by atoms with van der Waals surface area (Å²) >= 11 is 0. The molecule has 1 aromatic rings. The van der Waals surface area contributed by atoms with E-state index in [2.05, 4.69) is 15.5 Å². The van der Waals surface area contributed by atoms with E-state index in [1.165, 1.54) is 0 Å². The first-order chi connectivity index (χ1) is 12.0. The molecule has 3 rings (SSSR count). The highest BCUT2D eigenvalue weighted by atomic mass is 19.2. The second-order valence-electron chi connectivity index (χ2n) is 6.56. The van der Waals surface area contributed by atoms with Gasteiger partial charge in [-0.3, -0.25) is 0 Å². The quantitative estimate of drug-likeness (QED) is 0.815. The molecule has 2 fully saturated rings. The zero-order chi connectivity index (χ0) is 17.8. The van der Waals surface area contributed by atoms with Gasteiger partial charge in [-0.15, -0.1) is 0 Å². The highest BCUT2D eigenvalue weighted by molar-refractivity contribution is 5.89. The number of amides is 2. The van der Waals surface area contributed by atoms with Crippen LogP contribution in [0.1, 0.15) is 25.7 Å². The molecule has 8 heteroatoms. The largest absolute Gasteiger partial charge is 0.377 e. The third-order valence-corrected chi connectivity index (χ3v) is 4.65. The van der Waals surface area contributed by atoms with Crippen LogP contribution in [0.25, 0.3) is 0 Å². The molecule has 0 aromatic heterocycles. The van der Waals surface area contributed by atoms with Crippen LogP contribution in [-0.2, 0) is 4.74 Å². The maximum absolute atomic E-state index is 13.2. The predicted molar refractivity (Wildman–Crippen MR) is 86.9 cm³/mol. The topological polar surface area (TPSA) is 53.6 Å². The van der Waals surface area contributed by atoms with Crippen LogP contribution in [0.5, 0.6) is 0 Å². The summed E-state index contributed by atoms with van der Waals surface area (Å²) in [5.74, 6) is -4.22. The Labute approximate surface area is 144 Å². The van der Waals surface area contributed by atoms with Crippen LogP contribution >= 0.6 is 0 Å². The number of halogens is 3. The summed E-state index contributed by atoms with van der Waals surface area (Å²) in [5.41, 5.74) is -0.121. The van der Waals surface area contributed by atoms with Gasteiger partial charge in [0, 0.05) is 50.1 Å². The molecule has 2 amide bonds. The van der Waals surface area contributed by atoms with Gasteiger partial charge in [0.2, 0.25) is 0 Å². The minimum Gasteiger partial charge on any atom is -0.377 e. The van der Waals surface area contributed by atoms with Crippen molar-refractivity contribution < 1.29 is 22.7 Å². The number of piperidine rings is 1. The van der Waals surface area contributed by atoms with Crippen molar-refractivity contribution >= 4 is 11.7 Å². The van der Waals surface area contributed by atoms with Crippen molar-refractivity contribution in [2.45, 2.75) is 37.8 Å². The molecular formula is C17H22F3N3O2. The Morgan fingerprint density at radius 1 is 1.16 bits per heavy atom. The number of carbonyl (C=O) groups is 1. The fourth-order valence-corrected chi connectivity index (χ4v) is 3.32. The van der Waals surface area contributed by atoms with Crippen molar-refractivity contribution in [3.05, 3.63) is 29.6 Å². The molecule has 1 atom stereocenters. The van der Waals surface area contributed by atoms with Crippen LogP contribution in [0.15, 0.2) is 12.1 Å². The van der Waals surface area contributed by atoms with Gasteiger partial charge in [0.15, 0.2) is 17.5 Å². The SMILES string of the molecule is O=C(Nc1cc(F)c(F)c(F)c1)NC1CCN(CC2CCCO2)CC1. The highest BCUT2D eigenvalue weighted by Crippen LogP contribution is 2.19. The number of urea groups is 1. The maximum atomic E-state index is 13.2. The molecule has 2 saturated heterocycles. The Kier molecular flexibility index (Phi) is 5.80. The van der Waals surface area contributed by atoms with E-state index in [1.54, 1.807) is 0 Å². The third kappa shape index (κ3) is 4.85. The molecule has 5 nitrogen and oxygen atoms in total. The standard InChI is InChI=1S/C17H22F3N3O2/c18-14-8-12(9-15(19)16(14)20)22-17(24)21-11-3-5-23(6-4-11)10-13-2-1-7-25-13/h8-9,11,13H,1-7,10H2,(H2,21,22,24). The number of nitrogens with one attached hydrogen (secondary N) is 2. The molecule has 25 heavy (non-hydrogen) atoms. The average molecular weight is 357 g/mol. The van der Waals surface area contributed by atoms with E-state index in [0.29, 0.717) is 6.10 Å². The lowest BCUT2D eigenvalue weighted by Gasteiger charge is -2.33. The third-order valence-electron chi connectivity index (χ3n) is 4.65. The molecule has 1 aromatic carbocycles. The number of nitrogens with zero attached hydrogens (tertiary/aromatic N) is 1. The lowest BCUT2D eigenvalue weighted by Crippen LogP contribution is -2.47. The Hall–Kier alpha value is -1.80. The number of hydrogen-bond acceptors (Lipinski definition) is 3. The number of ether oxygens (including phenoxy) is 1. The zero-order valence-electron chi connectivity index (χ0n) is 13.9. The van der Waals surface area contributed by atoms with Crippen molar-refractivity contribution in [1.82, 2.24) is 10.2 Å². The minimum atomic E-state index is -1.55. The van der Waals surface area contributed by atoms with E-state index < -0.39 is 23.5 Å². The van der Waals surface area contributed by atoms with Crippen LogP contribution < -0.4 is 10.6 Å². The van der Waals surface area contributed by atoms with E-state index in [9.17, 15) is 18.0 Å². The van der Waals surface area contributed by atoms with Gasteiger partial charge in [-0.25, -0.2) is 18.0 Å². The van der Waals surface area contributed by atoms with Crippen molar-refractivity contribution in [1.29, 1.82) is 0 Å². The second kappa shape index (κ2) is 8.05. The van der Waals surface area contributed by atoms with Gasteiger partial charge in [-0.1, -0.05) is 0 Å². The second-order valence-corrected chi connectivity index (χ2v) is 6.56. The van der Waals surface area contributed by atoms with Gasteiger partial charge < -0.3 is 20.3 Å². The normalized spacial score (nSPS) is 22.1. The summed E-state index contributed by atoms with van der Waals surface area (Å²) in [7, 11) is 0. The molecule has 2 heterocycles. The van der Waals surface area contributed by atoms with E-state index in [4.69, 9.17) is 4.74 Å². The maximum Gasteiger partial charge on any atom is 0.319 e. The Balaban J connectivity index is 1.43. The first kappa shape index (κ1) is 18.0. The molecule has 0 aliphatic carbocycles. The summed E-state index contributed by atoms with van der Waals surface area (Å²) in [5, 5.41) is 5.13. The van der Waals surface area contributed by atoms with Crippen LogP contribution in [0.4, 0.5) is 23.7 Å². The first-order valence-corrected chi connectivity index (χ1v) is 8.57. The fourth-order valence-electron chi connectivity index (χ4n) is 3.32. The molecule has 2 N–H and O–H groups in total. The highest BCUT2D eigenvalue weighted by Gasteiger charge is 2.24. The van der Waals surface area contributed by atoms with Crippen molar-refractivity contribution in [2.24, 2.45) is 0 Å². The molecule has 2 aliphatic rings. The van der Waals surface area contributed by atoms with E-state index in [0.717, 1.165) is 64.1 Å². The van der Waals surface area contributed by atoms with Crippen LogP contribution in [-0.4, -0.2) is 49.3 Å². The molecule has 0 saturated carbocycles. The van der Waals surface area contributed by atoms with Crippen LogP contribution in [0.3, 0.4) is 0 Å². The number of hydrogen-bond donors (Lipinski definition) is 2. The number of likely N-dealkylation sites (tertiary alicyclic amines) is 1. The monoisotopic (exact) mass is 357 g/mol. The fraction of sp³-hybridized carbons (Fsp3) is 0.588. The first-order valence-electron chi connectivity index (χ1n) is 8.57. The van der Waals surface area contributed by atoms with E-state index in [-0.39, 0.29) is 11.7 Å². The van der Waals surface area contributed by atoms with Crippen molar-refractivity contribution in [2.75, 3.05) is 31.6 Å². The summed E-state index contributed by atoms with van der Waals surface area (Å²) in [6, 6.07) is 0.948. The Bertz CT molecular complexity index is 592. The van der Waals surface area contributed by atoms with Gasteiger partial charge in [-0.2, -0.15) is 0 Å². The van der Waals surface area contributed by atoms with Gasteiger partial charge in [0.1, 0.15) is 0 Å². The van der Waals surface area contributed by atoms with Gasteiger partial charge in [0.05, 0.1) is 6.10 Å². The summed E-state index contributed by atoms with van der Waals surface area (Å²) in [4.78, 5) is 14.3. The van der Waals surface area contributed by atoms with Crippen LogP contribution in [0.2, 0.25) is 0 Å². The smallest absolute Gasteiger partial charge is 0.319 e. The van der Waals surface area contributed by atoms with Crippen molar-refractivity contribution in [3.63, 3.8) is 0 Å². The lowest BCUT2D eigenvalue weighted by molar-refractivity contribution is 0.0633. The molecular weight excluding hydrogens is 335 g/mol. The predicted octanol–water partition coefficient (Wildman–Crippen LogP) is 2.87. The van der Waals surface area contributed by atoms with Crippen molar-refractivity contribution in [3.8, 4) is 0 Å². The number of carbonyl (C=O) groups excluding carboxylic acids is 1. The molecule has 0 spiro atoms. The number of anilines is 1. The van der Waals surface area contributed by atoms with Crippen LogP contribution in [0, 0.1) is 17.5 Å². The zero-order valence-corrected chi connectivity index (χ0v) is 13.9. The molecule has 0 radical (unpaired) electrons. The van der Waals surface area contributed by atoms with E-state index >= 15 is 0 Å². The summed E-state index contributed by atoms with van der Waals surface area (Å²) in [6.07, 6.45) is 4.13. The number of benzene rings is 1. The molecule has 2 aliphatic heterocycles.